The Kier molecular flexibility index (Phi) is 2.29. The van der Waals surface area contributed by atoms with E-state index < -0.39 is 5.97 Å². The number of nitrogens with one attached hydrogen (secondary N) is 1. The maximum Gasteiger partial charge on any atom is 0.341 e. The second kappa shape index (κ2) is 3.61. The van der Waals surface area contributed by atoms with Gasteiger partial charge in [-0.1, -0.05) is 12.1 Å². The summed E-state index contributed by atoms with van der Waals surface area (Å²) < 4.78 is 5.06. The quantitative estimate of drug-likeness (QED) is 0.794. The summed E-state index contributed by atoms with van der Waals surface area (Å²) in [6.07, 6.45) is 0. The molecule has 1 aromatic heterocycles. The molecule has 0 atom stereocenters. The van der Waals surface area contributed by atoms with Crippen LogP contribution in [0.1, 0.15) is 5.56 Å². The van der Waals surface area contributed by atoms with E-state index in [0.29, 0.717) is 5.88 Å². The smallest absolute Gasteiger partial charge is 0.341 e. The van der Waals surface area contributed by atoms with Crippen LogP contribution in [0.15, 0.2) is 18.2 Å². The zero-order valence-corrected chi connectivity index (χ0v) is 8.15. The molecular formula is C10H10N2O3. The lowest BCUT2D eigenvalue weighted by Crippen LogP contribution is -2.09. The first-order valence-electron chi connectivity index (χ1n) is 4.47. The molecule has 78 valence electrons. The van der Waals surface area contributed by atoms with Gasteiger partial charge < -0.3 is 9.84 Å². The van der Waals surface area contributed by atoms with E-state index >= 15 is 0 Å². The molecule has 0 bridgehead atoms. The number of nitrogens with zero attached hydrogens (tertiary/aromatic N) is 1. The highest BCUT2D eigenvalue weighted by Crippen LogP contribution is 2.25. The fraction of sp³-hybridized carbons (Fsp3) is 0.200. The van der Waals surface area contributed by atoms with E-state index in [0.717, 1.165) is 16.5 Å². The van der Waals surface area contributed by atoms with Crippen molar-refractivity contribution in [2.45, 2.75) is 6.92 Å². The number of carbonyl (C=O) groups is 1. The van der Waals surface area contributed by atoms with E-state index in [1.165, 1.54) is 0 Å². The molecule has 1 heterocycles. The summed E-state index contributed by atoms with van der Waals surface area (Å²) >= 11 is 0. The molecule has 0 amide bonds. The van der Waals surface area contributed by atoms with Gasteiger partial charge in [-0.3, -0.25) is 5.10 Å². The first kappa shape index (κ1) is 9.51. The minimum atomic E-state index is -1.01. The number of aromatic amines is 1. The van der Waals surface area contributed by atoms with E-state index in [4.69, 9.17) is 9.84 Å². The molecule has 5 heteroatoms. The summed E-state index contributed by atoms with van der Waals surface area (Å²) in [6.45, 7) is 1.54. The van der Waals surface area contributed by atoms with Crippen LogP contribution in [0.3, 0.4) is 0 Å². The van der Waals surface area contributed by atoms with Gasteiger partial charge in [-0.05, 0) is 18.6 Å². The van der Waals surface area contributed by atoms with Crippen LogP contribution in [-0.2, 0) is 4.79 Å². The Bertz CT molecular complexity index is 504. The van der Waals surface area contributed by atoms with Crippen LogP contribution in [-0.4, -0.2) is 27.9 Å². The van der Waals surface area contributed by atoms with Crippen LogP contribution in [0.2, 0.25) is 0 Å². The molecule has 0 spiro atoms. The maximum absolute atomic E-state index is 10.4. The Morgan fingerprint density at radius 3 is 3.13 bits per heavy atom. The molecule has 0 fully saturated rings. The molecule has 5 nitrogen and oxygen atoms in total. The third-order valence-electron chi connectivity index (χ3n) is 2.10. The molecule has 0 aliphatic rings. The topological polar surface area (TPSA) is 75.2 Å². The molecular weight excluding hydrogens is 196 g/mol. The number of fused-ring (bicyclic) bond motifs is 1. The predicted molar refractivity (Wildman–Crippen MR) is 54.0 cm³/mol. The normalized spacial score (nSPS) is 10.5. The SMILES string of the molecule is Cc1cccc2[nH]nc(OCC(=O)O)c12. The summed E-state index contributed by atoms with van der Waals surface area (Å²) in [7, 11) is 0. The first-order valence-corrected chi connectivity index (χ1v) is 4.47. The lowest BCUT2D eigenvalue weighted by atomic mass is 10.1. The van der Waals surface area contributed by atoms with Gasteiger partial charge in [0.25, 0.3) is 0 Å². The number of benzene rings is 1. The third-order valence-corrected chi connectivity index (χ3v) is 2.10. The molecule has 1 aromatic carbocycles. The number of aliphatic carboxylic acids is 1. The minimum Gasteiger partial charge on any atom is -0.479 e. The zero-order valence-electron chi connectivity index (χ0n) is 8.15. The van der Waals surface area contributed by atoms with Crippen LogP contribution in [0.5, 0.6) is 5.88 Å². The van der Waals surface area contributed by atoms with Crippen molar-refractivity contribution in [1.29, 1.82) is 0 Å². The zero-order chi connectivity index (χ0) is 10.8. The minimum absolute atomic E-state index is 0.338. The molecule has 0 aliphatic heterocycles. The van der Waals surface area contributed by atoms with Gasteiger partial charge in [0.15, 0.2) is 6.61 Å². The number of rotatable bonds is 3. The number of H-pyrrole nitrogens is 1. The van der Waals surface area contributed by atoms with Crippen molar-refractivity contribution in [2.75, 3.05) is 6.61 Å². The lowest BCUT2D eigenvalue weighted by molar-refractivity contribution is -0.139. The third kappa shape index (κ3) is 1.76. The Balaban J connectivity index is 2.39. The highest BCUT2D eigenvalue weighted by Gasteiger charge is 2.09. The second-order valence-corrected chi connectivity index (χ2v) is 3.21. The average molecular weight is 206 g/mol. The molecule has 15 heavy (non-hydrogen) atoms. The second-order valence-electron chi connectivity index (χ2n) is 3.21. The van der Waals surface area contributed by atoms with Gasteiger partial charge in [0.05, 0.1) is 10.9 Å². The van der Waals surface area contributed by atoms with Crippen molar-refractivity contribution in [3.05, 3.63) is 23.8 Å². The number of hydrogen-bond acceptors (Lipinski definition) is 3. The molecule has 2 N–H and O–H groups in total. The van der Waals surface area contributed by atoms with E-state index in [1.54, 1.807) is 0 Å². The Labute approximate surface area is 85.7 Å². The van der Waals surface area contributed by atoms with Crippen LogP contribution in [0.4, 0.5) is 0 Å². The summed E-state index contributed by atoms with van der Waals surface area (Å²) in [4.78, 5) is 10.4. The van der Waals surface area contributed by atoms with Gasteiger partial charge in [-0.25, -0.2) is 4.79 Å². The number of carboxylic acid groups (broad SMARTS) is 1. The van der Waals surface area contributed by atoms with E-state index in [1.807, 2.05) is 25.1 Å². The summed E-state index contributed by atoms with van der Waals surface area (Å²) in [5, 5.41) is 16.0. The first-order chi connectivity index (χ1) is 7.18. The molecule has 0 unspecified atom stereocenters. The maximum atomic E-state index is 10.4. The molecule has 2 aromatic rings. The van der Waals surface area contributed by atoms with Crippen LogP contribution in [0, 0.1) is 6.92 Å². The van der Waals surface area contributed by atoms with Crippen LogP contribution in [0.25, 0.3) is 10.9 Å². The van der Waals surface area contributed by atoms with E-state index in [9.17, 15) is 4.79 Å². The number of ether oxygens (including phenoxy) is 1. The van der Waals surface area contributed by atoms with Crippen LogP contribution >= 0.6 is 0 Å². The lowest BCUT2D eigenvalue weighted by Gasteiger charge is -2.00. The van der Waals surface area contributed by atoms with Gasteiger partial charge in [-0.15, -0.1) is 5.10 Å². The molecule has 2 rings (SSSR count). The highest BCUT2D eigenvalue weighted by molar-refractivity contribution is 5.87. The van der Waals surface area contributed by atoms with E-state index in [-0.39, 0.29) is 6.61 Å². The standard InChI is InChI=1S/C10H10N2O3/c1-6-3-2-4-7-9(6)10(12-11-7)15-5-8(13)14/h2-4H,5H2,1H3,(H,11,12)(H,13,14). The number of aryl methyl sites for hydroxylation is 1. The Morgan fingerprint density at radius 2 is 2.40 bits per heavy atom. The van der Waals surface area contributed by atoms with Gasteiger partial charge >= 0.3 is 5.97 Å². The van der Waals surface area contributed by atoms with Gasteiger partial charge in [0, 0.05) is 0 Å². The van der Waals surface area contributed by atoms with Gasteiger partial charge in [0.2, 0.25) is 5.88 Å². The molecule has 0 saturated heterocycles. The van der Waals surface area contributed by atoms with Crippen LogP contribution < -0.4 is 4.74 Å². The fourth-order valence-corrected chi connectivity index (χ4v) is 1.45. The summed E-state index contributed by atoms with van der Waals surface area (Å²) in [6, 6.07) is 5.69. The monoisotopic (exact) mass is 206 g/mol. The van der Waals surface area contributed by atoms with Crippen molar-refractivity contribution in [2.24, 2.45) is 0 Å². The fourth-order valence-electron chi connectivity index (χ4n) is 1.45. The molecule has 0 aliphatic carbocycles. The summed E-state index contributed by atoms with van der Waals surface area (Å²) in [5.41, 5.74) is 1.84. The number of aromatic nitrogens is 2. The van der Waals surface area contributed by atoms with Gasteiger partial charge in [-0.2, -0.15) is 0 Å². The van der Waals surface area contributed by atoms with Crippen molar-refractivity contribution in [3.8, 4) is 5.88 Å². The van der Waals surface area contributed by atoms with Crippen molar-refractivity contribution in [3.63, 3.8) is 0 Å². The molecule has 0 saturated carbocycles. The summed E-state index contributed by atoms with van der Waals surface area (Å²) in [5.74, 6) is -0.676. The largest absolute Gasteiger partial charge is 0.479 e. The predicted octanol–water partition coefficient (Wildman–Crippen LogP) is 1.33. The van der Waals surface area contributed by atoms with Crippen molar-refractivity contribution in [1.82, 2.24) is 10.2 Å². The Morgan fingerprint density at radius 1 is 1.60 bits per heavy atom. The van der Waals surface area contributed by atoms with Crippen molar-refractivity contribution < 1.29 is 14.6 Å². The average Bonchev–Trinajstić information content (AvgIpc) is 2.59. The van der Waals surface area contributed by atoms with Gasteiger partial charge in [0.1, 0.15) is 0 Å². The highest BCUT2D eigenvalue weighted by atomic mass is 16.5. The van der Waals surface area contributed by atoms with Crippen molar-refractivity contribution >= 4 is 16.9 Å². The Hall–Kier alpha value is -2.04. The number of carboxylic acids is 1. The number of hydrogen-bond donors (Lipinski definition) is 2. The molecule has 0 radical (unpaired) electrons. The van der Waals surface area contributed by atoms with E-state index in [2.05, 4.69) is 10.2 Å².